The highest BCUT2D eigenvalue weighted by Gasteiger charge is 2.20. The van der Waals surface area contributed by atoms with Crippen LogP contribution in [0.15, 0.2) is 22.7 Å². The summed E-state index contributed by atoms with van der Waals surface area (Å²) < 4.78 is 5.75. The molecule has 0 spiro atoms. The second kappa shape index (κ2) is 7.65. The van der Waals surface area contributed by atoms with Crippen LogP contribution in [0.5, 0.6) is 0 Å². The van der Waals surface area contributed by atoms with E-state index in [1.54, 1.807) is 19.1 Å². The van der Waals surface area contributed by atoms with E-state index in [2.05, 4.69) is 29.8 Å². The van der Waals surface area contributed by atoms with E-state index in [9.17, 15) is 9.90 Å². The minimum absolute atomic E-state index is 0.267. The smallest absolute Gasteiger partial charge is 0.339 e. The number of ether oxygens (including phenoxy) is 1. The summed E-state index contributed by atoms with van der Waals surface area (Å²) in [5.41, 5.74) is 1.77. The topological polar surface area (TPSA) is 46.5 Å². The fourth-order valence-corrected chi connectivity index (χ4v) is 2.85. The molecule has 0 aromatic heterocycles. The van der Waals surface area contributed by atoms with Crippen LogP contribution in [0.25, 0.3) is 0 Å². The second-order valence-electron chi connectivity index (χ2n) is 4.45. The number of hydrogen-bond donors (Lipinski definition) is 1. The molecule has 0 saturated heterocycles. The zero-order chi connectivity index (χ0) is 14.4. The van der Waals surface area contributed by atoms with Gasteiger partial charge in [0.15, 0.2) is 6.10 Å². The third-order valence-electron chi connectivity index (χ3n) is 3.28. The van der Waals surface area contributed by atoms with Crippen molar-refractivity contribution in [2.75, 3.05) is 6.61 Å². The molecule has 0 heterocycles. The van der Waals surface area contributed by atoms with Crippen LogP contribution in [0.1, 0.15) is 56.8 Å². The maximum Gasteiger partial charge on any atom is 0.339 e. The number of rotatable bonds is 6. The molecule has 1 aromatic carbocycles. The first-order valence-corrected chi connectivity index (χ1v) is 7.48. The van der Waals surface area contributed by atoms with Crippen LogP contribution in [0, 0.1) is 0 Å². The van der Waals surface area contributed by atoms with Gasteiger partial charge in [0.05, 0.1) is 6.61 Å². The summed E-state index contributed by atoms with van der Waals surface area (Å²) in [6.45, 7) is 6.30. The number of esters is 1. The van der Waals surface area contributed by atoms with Crippen LogP contribution in [0.3, 0.4) is 0 Å². The summed E-state index contributed by atoms with van der Waals surface area (Å²) in [5, 5.41) is 9.89. The average Bonchev–Trinajstić information content (AvgIpc) is 2.41. The molecule has 0 aliphatic heterocycles. The number of benzene rings is 1. The average molecular weight is 329 g/mol. The van der Waals surface area contributed by atoms with Gasteiger partial charge in [0, 0.05) is 4.47 Å². The first-order valence-electron chi connectivity index (χ1n) is 6.69. The summed E-state index contributed by atoms with van der Waals surface area (Å²) in [6.07, 6.45) is 0.913. The molecule has 0 radical (unpaired) electrons. The van der Waals surface area contributed by atoms with E-state index >= 15 is 0 Å². The van der Waals surface area contributed by atoms with Gasteiger partial charge in [-0.15, -0.1) is 0 Å². The van der Waals surface area contributed by atoms with Crippen molar-refractivity contribution in [3.63, 3.8) is 0 Å². The summed E-state index contributed by atoms with van der Waals surface area (Å²) in [4.78, 5) is 11.5. The fraction of sp³-hybridized carbons (Fsp3) is 0.533. The predicted octanol–water partition coefficient (Wildman–Crippen LogP) is 3.95. The lowest BCUT2D eigenvalue weighted by atomic mass is 9.92. The first kappa shape index (κ1) is 16.2. The van der Waals surface area contributed by atoms with Crippen molar-refractivity contribution < 1.29 is 14.6 Å². The molecule has 0 fully saturated rings. The Morgan fingerprint density at radius 1 is 1.32 bits per heavy atom. The molecule has 1 N–H and O–H groups in total. The molecule has 19 heavy (non-hydrogen) atoms. The van der Waals surface area contributed by atoms with Gasteiger partial charge in [-0.25, -0.2) is 4.79 Å². The molecule has 1 atom stereocenters. The van der Waals surface area contributed by atoms with Crippen molar-refractivity contribution in [2.45, 2.75) is 45.6 Å². The van der Waals surface area contributed by atoms with Crippen molar-refractivity contribution in [3.8, 4) is 0 Å². The monoisotopic (exact) mass is 328 g/mol. The minimum atomic E-state index is -1.22. The zero-order valence-electron chi connectivity index (χ0n) is 11.6. The first-order chi connectivity index (χ1) is 9.04. The molecule has 106 valence electrons. The number of carbonyl (C=O) groups is 1. The number of halogens is 1. The Balaban J connectivity index is 2.96. The normalized spacial score (nSPS) is 12.5. The Labute approximate surface area is 123 Å². The number of carbonyl (C=O) groups excluding carboxylic acids is 1. The molecule has 0 aliphatic carbocycles. The third-order valence-corrected chi connectivity index (χ3v) is 3.96. The summed E-state index contributed by atoms with van der Waals surface area (Å²) in [5.74, 6) is -0.118. The molecule has 0 bridgehead atoms. The van der Waals surface area contributed by atoms with Crippen molar-refractivity contribution in [1.82, 2.24) is 0 Å². The molecule has 1 rings (SSSR count). The van der Waals surface area contributed by atoms with Crippen molar-refractivity contribution in [2.24, 2.45) is 0 Å². The molecular weight excluding hydrogens is 308 g/mol. The summed E-state index contributed by atoms with van der Waals surface area (Å²) in [7, 11) is 0. The maximum atomic E-state index is 11.5. The highest BCUT2D eigenvalue weighted by Crippen LogP contribution is 2.32. The predicted molar refractivity (Wildman–Crippen MR) is 79.1 cm³/mol. The van der Waals surface area contributed by atoms with E-state index in [1.165, 1.54) is 5.56 Å². The zero-order valence-corrected chi connectivity index (χ0v) is 13.2. The van der Waals surface area contributed by atoms with Crippen LogP contribution in [-0.2, 0) is 9.53 Å². The molecule has 0 aliphatic rings. The van der Waals surface area contributed by atoms with Gasteiger partial charge in [-0.1, -0.05) is 41.9 Å². The number of hydrogen-bond acceptors (Lipinski definition) is 3. The van der Waals surface area contributed by atoms with Gasteiger partial charge >= 0.3 is 5.97 Å². The van der Waals surface area contributed by atoms with Crippen molar-refractivity contribution in [3.05, 3.63) is 33.8 Å². The van der Waals surface area contributed by atoms with Gasteiger partial charge in [-0.05, 0) is 42.9 Å². The summed E-state index contributed by atoms with van der Waals surface area (Å²) in [6, 6.07) is 5.56. The van der Waals surface area contributed by atoms with Gasteiger partial charge in [0.1, 0.15) is 0 Å². The third kappa shape index (κ3) is 4.05. The molecule has 3 nitrogen and oxygen atoms in total. The lowest BCUT2D eigenvalue weighted by Gasteiger charge is -2.17. The Hall–Kier alpha value is -0.870. The van der Waals surface area contributed by atoms with E-state index in [0.717, 1.165) is 17.3 Å². The SMILES string of the molecule is CCOC(=O)C(O)c1ccc(C(CC)CC)c(Br)c1. The van der Waals surface area contributed by atoms with Gasteiger partial charge in [-0.3, -0.25) is 0 Å². The van der Waals surface area contributed by atoms with E-state index < -0.39 is 12.1 Å². The minimum Gasteiger partial charge on any atom is -0.464 e. The van der Waals surface area contributed by atoms with Gasteiger partial charge in [0.2, 0.25) is 0 Å². The Kier molecular flexibility index (Phi) is 6.52. The highest BCUT2D eigenvalue weighted by atomic mass is 79.9. The highest BCUT2D eigenvalue weighted by molar-refractivity contribution is 9.10. The lowest BCUT2D eigenvalue weighted by molar-refractivity contribution is -0.153. The number of aliphatic hydroxyl groups is 1. The quantitative estimate of drug-likeness (QED) is 0.804. The number of aliphatic hydroxyl groups excluding tert-OH is 1. The Bertz CT molecular complexity index is 427. The van der Waals surface area contributed by atoms with Gasteiger partial charge in [-0.2, -0.15) is 0 Å². The molecule has 1 unspecified atom stereocenters. The second-order valence-corrected chi connectivity index (χ2v) is 5.30. The van der Waals surface area contributed by atoms with Crippen LogP contribution in [-0.4, -0.2) is 17.7 Å². The van der Waals surface area contributed by atoms with Crippen LogP contribution >= 0.6 is 15.9 Å². The van der Waals surface area contributed by atoms with E-state index in [0.29, 0.717) is 11.5 Å². The van der Waals surface area contributed by atoms with E-state index in [1.807, 2.05) is 6.07 Å². The van der Waals surface area contributed by atoms with Gasteiger partial charge < -0.3 is 9.84 Å². The standard InChI is InChI=1S/C15H21BrO3/c1-4-10(5-2)12-8-7-11(9-13(12)16)14(17)15(18)19-6-3/h7-10,14,17H,4-6H2,1-3H3. The van der Waals surface area contributed by atoms with E-state index in [-0.39, 0.29) is 6.61 Å². The summed E-state index contributed by atoms with van der Waals surface area (Å²) >= 11 is 3.52. The van der Waals surface area contributed by atoms with Crippen molar-refractivity contribution >= 4 is 21.9 Å². The Morgan fingerprint density at radius 2 is 1.95 bits per heavy atom. The molecule has 4 heteroatoms. The maximum absolute atomic E-state index is 11.5. The fourth-order valence-electron chi connectivity index (χ4n) is 2.13. The molecular formula is C15H21BrO3. The van der Waals surface area contributed by atoms with E-state index in [4.69, 9.17) is 4.74 Å². The van der Waals surface area contributed by atoms with Gasteiger partial charge in [0.25, 0.3) is 0 Å². The molecule has 1 aromatic rings. The Morgan fingerprint density at radius 3 is 2.42 bits per heavy atom. The van der Waals surface area contributed by atoms with Crippen LogP contribution in [0.2, 0.25) is 0 Å². The molecule has 0 saturated carbocycles. The van der Waals surface area contributed by atoms with Crippen LogP contribution < -0.4 is 0 Å². The van der Waals surface area contributed by atoms with Crippen LogP contribution in [0.4, 0.5) is 0 Å². The lowest BCUT2D eigenvalue weighted by Crippen LogP contribution is -2.15. The van der Waals surface area contributed by atoms with Crippen molar-refractivity contribution in [1.29, 1.82) is 0 Å². The molecule has 0 amide bonds. The largest absolute Gasteiger partial charge is 0.464 e.